The molecule has 2 atom stereocenters. The Hall–Kier alpha value is -0.380. The highest BCUT2D eigenvalue weighted by atomic mass is 79.9. The van der Waals surface area contributed by atoms with E-state index in [4.69, 9.17) is 0 Å². The van der Waals surface area contributed by atoms with Crippen LogP contribution in [-0.2, 0) is 0 Å². The highest BCUT2D eigenvalue weighted by Gasteiger charge is 2.38. The van der Waals surface area contributed by atoms with Gasteiger partial charge in [-0.3, -0.25) is 4.90 Å². The molecule has 1 aliphatic carbocycles. The Morgan fingerprint density at radius 3 is 2.80 bits per heavy atom. The molecule has 0 spiro atoms. The second kappa shape index (κ2) is 6.59. The van der Waals surface area contributed by atoms with Crippen LogP contribution in [0.3, 0.4) is 0 Å². The van der Waals surface area contributed by atoms with Crippen molar-refractivity contribution in [2.45, 2.75) is 44.2 Å². The molecule has 2 aliphatic rings. The quantitative estimate of drug-likeness (QED) is 0.894. The van der Waals surface area contributed by atoms with Gasteiger partial charge in [0.25, 0.3) is 0 Å². The molecule has 1 aromatic rings. The second-order valence-electron chi connectivity index (χ2n) is 6.28. The van der Waals surface area contributed by atoms with Crippen LogP contribution in [0.15, 0.2) is 28.7 Å². The van der Waals surface area contributed by atoms with Gasteiger partial charge < -0.3 is 5.32 Å². The van der Waals surface area contributed by atoms with Crippen LogP contribution in [0.4, 0.5) is 0 Å². The van der Waals surface area contributed by atoms with Gasteiger partial charge in [-0.25, -0.2) is 0 Å². The molecular weight excluding hydrogens is 312 g/mol. The third-order valence-electron chi connectivity index (χ3n) is 4.72. The van der Waals surface area contributed by atoms with E-state index in [1.165, 1.54) is 48.7 Å². The number of hydrogen-bond acceptors (Lipinski definition) is 2. The van der Waals surface area contributed by atoms with Crippen LogP contribution in [0.1, 0.15) is 43.7 Å². The Morgan fingerprint density at radius 1 is 1.25 bits per heavy atom. The number of rotatable bonds is 4. The lowest BCUT2D eigenvalue weighted by Crippen LogP contribution is -2.37. The van der Waals surface area contributed by atoms with Crippen LogP contribution in [0.2, 0.25) is 0 Å². The number of nitrogens with zero attached hydrogens (tertiary/aromatic N) is 1. The summed E-state index contributed by atoms with van der Waals surface area (Å²) in [6.07, 6.45) is 6.89. The maximum atomic E-state index is 3.65. The lowest BCUT2D eigenvalue weighted by Gasteiger charge is -2.36. The molecule has 1 saturated carbocycles. The maximum absolute atomic E-state index is 3.65. The first-order valence-electron chi connectivity index (χ1n) is 7.95. The van der Waals surface area contributed by atoms with E-state index in [1.54, 1.807) is 0 Å². The Balaban J connectivity index is 1.92. The van der Waals surface area contributed by atoms with E-state index >= 15 is 0 Å². The number of nitrogens with one attached hydrogen (secondary N) is 1. The summed E-state index contributed by atoms with van der Waals surface area (Å²) in [5.41, 5.74) is 1.49. The predicted octanol–water partition coefficient (Wildman–Crippen LogP) is 3.97. The zero-order valence-electron chi connectivity index (χ0n) is 12.3. The smallest absolute Gasteiger partial charge is 0.0391 e. The van der Waals surface area contributed by atoms with Gasteiger partial charge in [0.2, 0.25) is 0 Å². The lowest BCUT2D eigenvalue weighted by molar-refractivity contribution is 0.145. The standard InChI is InChI=1S/C17H25BrN2/c1-19-12-14-5-2-3-10-20(16-8-9-16)17(14)13-6-4-7-15(18)11-13/h4,6-7,11,14,16-17,19H,2-3,5,8-10,12H2,1H3. The molecule has 2 fully saturated rings. The van der Waals surface area contributed by atoms with Gasteiger partial charge in [-0.2, -0.15) is 0 Å². The van der Waals surface area contributed by atoms with Gasteiger partial charge in [0.05, 0.1) is 0 Å². The summed E-state index contributed by atoms with van der Waals surface area (Å²) < 4.78 is 1.21. The molecule has 1 aliphatic heterocycles. The molecule has 0 aromatic heterocycles. The van der Waals surface area contributed by atoms with Gasteiger partial charge in [-0.15, -0.1) is 0 Å². The van der Waals surface area contributed by atoms with Crippen LogP contribution in [0, 0.1) is 5.92 Å². The highest BCUT2D eigenvalue weighted by Crippen LogP contribution is 2.42. The average Bonchev–Trinajstić information content (AvgIpc) is 3.25. The summed E-state index contributed by atoms with van der Waals surface area (Å²) in [4.78, 5) is 2.80. The first-order chi connectivity index (χ1) is 9.79. The average molecular weight is 337 g/mol. The van der Waals surface area contributed by atoms with E-state index in [0.717, 1.165) is 18.5 Å². The third kappa shape index (κ3) is 3.26. The maximum Gasteiger partial charge on any atom is 0.0391 e. The van der Waals surface area contributed by atoms with E-state index in [0.29, 0.717) is 6.04 Å². The van der Waals surface area contributed by atoms with Crippen LogP contribution >= 0.6 is 15.9 Å². The Bertz CT molecular complexity index is 444. The van der Waals surface area contributed by atoms with Crippen LogP contribution in [0.5, 0.6) is 0 Å². The molecular formula is C17H25BrN2. The Kier molecular flexibility index (Phi) is 4.79. The molecule has 0 bridgehead atoms. The normalized spacial score (nSPS) is 28.3. The summed E-state index contributed by atoms with van der Waals surface area (Å²) in [5.74, 6) is 0.734. The molecule has 1 saturated heterocycles. The van der Waals surface area contributed by atoms with Gasteiger partial charge in [0, 0.05) is 16.6 Å². The van der Waals surface area contributed by atoms with Crippen LogP contribution < -0.4 is 5.32 Å². The highest BCUT2D eigenvalue weighted by molar-refractivity contribution is 9.10. The van der Waals surface area contributed by atoms with Crippen molar-refractivity contribution in [1.29, 1.82) is 0 Å². The zero-order chi connectivity index (χ0) is 13.9. The van der Waals surface area contributed by atoms with Crippen molar-refractivity contribution in [3.05, 3.63) is 34.3 Å². The van der Waals surface area contributed by atoms with Gasteiger partial charge in [-0.05, 0) is 69.4 Å². The SMILES string of the molecule is CNCC1CCCCN(C2CC2)C1c1cccc(Br)c1. The zero-order valence-corrected chi connectivity index (χ0v) is 13.9. The fourth-order valence-electron chi connectivity index (χ4n) is 3.71. The minimum atomic E-state index is 0.593. The van der Waals surface area contributed by atoms with Crippen LogP contribution in [0.25, 0.3) is 0 Å². The van der Waals surface area contributed by atoms with Gasteiger partial charge in [-0.1, -0.05) is 34.5 Å². The number of benzene rings is 1. The van der Waals surface area contributed by atoms with Crippen molar-refractivity contribution in [3.8, 4) is 0 Å². The Labute approximate surface area is 131 Å². The number of likely N-dealkylation sites (tertiary alicyclic amines) is 1. The molecule has 2 unspecified atom stereocenters. The van der Waals surface area contributed by atoms with Crippen molar-refractivity contribution in [3.63, 3.8) is 0 Å². The molecule has 110 valence electrons. The third-order valence-corrected chi connectivity index (χ3v) is 5.21. The topological polar surface area (TPSA) is 15.3 Å². The summed E-state index contributed by atoms with van der Waals surface area (Å²) in [6, 6.07) is 10.4. The van der Waals surface area contributed by atoms with E-state index in [9.17, 15) is 0 Å². The van der Waals surface area contributed by atoms with E-state index in [1.807, 2.05) is 0 Å². The lowest BCUT2D eigenvalue weighted by atomic mass is 9.89. The van der Waals surface area contributed by atoms with Crippen molar-refractivity contribution >= 4 is 15.9 Å². The fraction of sp³-hybridized carbons (Fsp3) is 0.647. The monoisotopic (exact) mass is 336 g/mol. The Morgan fingerprint density at radius 2 is 2.10 bits per heavy atom. The minimum absolute atomic E-state index is 0.593. The van der Waals surface area contributed by atoms with Crippen molar-refractivity contribution in [1.82, 2.24) is 10.2 Å². The second-order valence-corrected chi connectivity index (χ2v) is 7.20. The van der Waals surface area contributed by atoms with Gasteiger partial charge in [0.1, 0.15) is 0 Å². The molecule has 0 amide bonds. The molecule has 1 heterocycles. The fourth-order valence-corrected chi connectivity index (χ4v) is 4.13. The molecule has 20 heavy (non-hydrogen) atoms. The van der Waals surface area contributed by atoms with Gasteiger partial charge in [0.15, 0.2) is 0 Å². The van der Waals surface area contributed by atoms with Crippen molar-refractivity contribution in [2.75, 3.05) is 20.1 Å². The van der Waals surface area contributed by atoms with E-state index < -0.39 is 0 Å². The molecule has 3 heteroatoms. The number of hydrogen-bond donors (Lipinski definition) is 1. The van der Waals surface area contributed by atoms with E-state index in [-0.39, 0.29) is 0 Å². The minimum Gasteiger partial charge on any atom is -0.319 e. The molecule has 1 N–H and O–H groups in total. The van der Waals surface area contributed by atoms with E-state index in [2.05, 4.69) is 57.5 Å². The first kappa shape index (κ1) is 14.6. The predicted molar refractivity (Wildman–Crippen MR) is 87.9 cm³/mol. The summed E-state index contributed by atoms with van der Waals surface area (Å²) in [6.45, 7) is 2.41. The van der Waals surface area contributed by atoms with Crippen molar-refractivity contribution in [2.24, 2.45) is 5.92 Å². The molecule has 2 nitrogen and oxygen atoms in total. The van der Waals surface area contributed by atoms with Crippen molar-refractivity contribution < 1.29 is 0 Å². The number of halogens is 1. The molecule has 3 rings (SSSR count). The van der Waals surface area contributed by atoms with Crippen LogP contribution in [-0.4, -0.2) is 31.1 Å². The molecule has 1 aromatic carbocycles. The largest absolute Gasteiger partial charge is 0.319 e. The summed E-state index contributed by atoms with van der Waals surface area (Å²) in [5, 5.41) is 3.42. The first-order valence-corrected chi connectivity index (χ1v) is 8.74. The summed E-state index contributed by atoms with van der Waals surface area (Å²) >= 11 is 3.65. The summed E-state index contributed by atoms with van der Waals surface area (Å²) in [7, 11) is 2.09. The molecule has 0 radical (unpaired) electrons. The van der Waals surface area contributed by atoms with Gasteiger partial charge >= 0.3 is 0 Å².